The lowest BCUT2D eigenvalue weighted by atomic mass is 10.0. The summed E-state index contributed by atoms with van der Waals surface area (Å²) >= 11 is 9.69. The molecule has 2 N–H and O–H groups in total. The molecular formula is C21H24BrClN2O2. The van der Waals surface area contributed by atoms with Gasteiger partial charge in [0.1, 0.15) is 24.7 Å². The van der Waals surface area contributed by atoms with E-state index in [1.165, 1.54) is 0 Å². The largest absolute Gasteiger partial charge is 0.489 e. The highest BCUT2D eigenvalue weighted by Crippen LogP contribution is 2.27. The molecule has 0 unspecified atom stereocenters. The summed E-state index contributed by atoms with van der Waals surface area (Å²) in [6.45, 7) is 8.52. The third-order valence-electron chi connectivity index (χ3n) is 4.41. The highest BCUT2D eigenvalue weighted by molar-refractivity contribution is 9.10. The Hall–Kier alpha value is -1.53. The van der Waals surface area contributed by atoms with Crippen LogP contribution in [-0.2, 0) is 13.2 Å². The van der Waals surface area contributed by atoms with Gasteiger partial charge in [-0.2, -0.15) is 0 Å². The van der Waals surface area contributed by atoms with Gasteiger partial charge >= 0.3 is 0 Å². The van der Waals surface area contributed by atoms with E-state index in [0.29, 0.717) is 24.2 Å². The van der Waals surface area contributed by atoms with Gasteiger partial charge in [0, 0.05) is 46.8 Å². The van der Waals surface area contributed by atoms with Crippen LogP contribution < -0.4 is 20.1 Å². The van der Waals surface area contributed by atoms with Crippen molar-refractivity contribution in [2.45, 2.75) is 13.2 Å². The Kier molecular flexibility index (Phi) is 7.59. The van der Waals surface area contributed by atoms with Crippen molar-refractivity contribution in [3.63, 3.8) is 0 Å². The van der Waals surface area contributed by atoms with Crippen LogP contribution in [0.3, 0.4) is 0 Å². The highest BCUT2D eigenvalue weighted by Gasteiger charge is 2.16. The molecule has 0 atom stereocenters. The van der Waals surface area contributed by atoms with Crippen LogP contribution in [-0.4, -0.2) is 26.2 Å². The molecule has 0 aliphatic carbocycles. The summed E-state index contributed by atoms with van der Waals surface area (Å²) in [7, 11) is 0. The summed E-state index contributed by atoms with van der Waals surface area (Å²) in [5.41, 5.74) is 2.02. The van der Waals surface area contributed by atoms with Gasteiger partial charge in [0.2, 0.25) is 0 Å². The van der Waals surface area contributed by atoms with Crippen molar-refractivity contribution in [2.75, 3.05) is 26.2 Å². The number of ether oxygens (including phenoxy) is 2. The maximum atomic E-state index is 6.27. The molecule has 0 saturated carbocycles. The first kappa shape index (κ1) is 20.2. The van der Waals surface area contributed by atoms with E-state index in [2.05, 4.69) is 33.1 Å². The van der Waals surface area contributed by atoms with Crippen LogP contribution in [0.1, 0.15) is 11.1 Å². The summed E-state index contributed by atoms with van der Waals surface area (Å²) in [6, 6.07) is 11.7. The number of hydrogen-bond donors (Lipinski definition) is 2. The Labute approximate surface area is 174 Å². The lowest BCUT2D eigenvalue weighted by Gasteiger charge is -2.27. The lowest BCUT2D eigenvalue weighted by Crippen LogP contribution is -2.47. The minimum Gasteiger partial charge on any atom is -0.489 e. The predicted octanol–water partition coefficient (Wildman–Crippen LogP) is 4.56. The van der Waals surface area contributed by atoms with Crippen LogP contribution in [0.5, 0.6) is 11.5 Å². The Morgan fingerprint density at radius 2 is 2.04 bits per heavy atom. The van der Waals surface area contributed by atoms with Crippen molar-refractivity contribution in [3.05, 3.63) is 69.7 Å². The Morgan fingerprint density at radius 3 is 2.74 bits per heavy atom. The van der Waals surface area contributed by atoms with Crippen LogP contribution >= 0.6 is 27.5 Å². The Morgan fingerprint density at radius 1 is 1.19 bits per heavy atom. The number of rotatable bonds is 10. The van der Waals surface area contributed by atoms with E-state index < -0.39 is 0 Å². The summed E-state index contributed by atoms with van der Waals surface area (Å²) < 4.78 is 12.7. The van der Waals surface area contributed by atoms with Crippen LogP contribution in [0, 0.1) is 5.92 Å². The number of nitrogens with one attached hydrogen (secondary N) is 2. The second kappa shape index (κ2) is 10.1. The van der Waals surface area contributed by atoms with E-state index in [0.717, 1.165) is 53.3 Å². The minimum atomic E-state index is 0.416. The average molecular weight is 452 g/mol. The van der Waals surface area contributed by atoms with Gasteiger partial charge in [0.25, 0.3) is 0 Å². The van der Waals surface area contributed by atoms with Crippen molar-refractivity contribution in [3.8, 4) is 11.5 Å². The van der Waals surface area contributed by atoms with E-state index in [9.17, 15) is 0 Å². The van der Waals surface area contributed by atoms with E-state index >= 15 is 0 Å². The Bertz CT molecular complexity index is 781. The van der Waals surface area contributed by atoms with E-state index in [1.54, 1.807) is 6.08 Å². The van der Waals surface area contributed by atoms with Crippen molar-refractivity contribution in [2.24, 2.45) is 5.92 Å². The van der Waals surface area contributed by atoms with Gasteiger partial charge < -0.3 is 20.1 Å². The maximum Gasteiger partial charge on any atom is 0.124 e. The fraction of sp³-hybridized carbons (Fsp3) is 0.333. The van der Waals surface area contributed by atoms with Crippen LogP contribution in [0.4, 0.5) is 0 Å². The molecule has 3 rings (SSSR count). The van der Waals surface area contributed by atoms with E-state index in [4.69, 9.17) is 21.1 Å². The zero-order valence-electron chi connectivity index (χ0n) is 15.1. The number of halogens is 2. The molecular weight excluding hydrogens is 428 g/mol. The fourth-order valence-electron chi connectivity index (χ4n) is 2.78. The third kappa shape index (κ3) is 5.98. The molecule has 1 fully saturated rings. The molecule has 6 heteroatoms. The summed E-state index contributed by atoms with van der Waals surface area (Å²) in [6.07, 6.45) is 1.75. The predicted molar refractivity (Wildman–Crippen MR) is 114 cm³/mol. The molecule has 4 nitrogen and oxygen atoms in total. The van der Waals surface area contributed by atoms with Gasteiger partial charge in [0.15, 0.2) is 0 Å². The first-order chi connectivity index (χ1) is 13.2. The molecule has 0 radical (unpaired) electrons. The smallest absolute Gasteiger partial charge is 0.124 e. The summed E-state index contributed by atoms with van der Waals surface area (Å²) in [5.74, 6) is 2.35. The van der Waals surface area contributed by atoms with Crippen LogP contribution in [0.2, 0.25) is 5.02 Å². The molecule has 144 valence electrons. The van der Waals surface area contributed by atoms with Gasteiger partial charge in [-0.3, -0.25) is 0 Å². The first-order valence-electron chi connectivity index (χ1n) is 9.00. The van der Waals surface area contributed by atoms with Gasteiger partial charge in [-0.05, 0) is 36.2 Å². The summed E-state index contributed by atoms with van der Waals surface area (Å²) in [4.78, 5) is 0. The fourth-order valence-corrected chi connectivity index (χ4v) is 3.50. The minimum absolute atomic E-state index is 0.416. The zero-order chi connectivity index (χ0) is 19.1. The molecule has 0 aromatic heterocycles. The second-order valence-electron chi connectivity index (χ2n) is 6.55. The van der Waals surface area contributed by atoms with E-state index in [-0.39, 0.29) is 0 Å². The van der Waals surface area contributed by atoms with Crippen molar-refractivity contribution in [1.82, 2.24) is 10.6 Å². The standard InChI is InChI=1S/C21H24BrClN2O2/c1-2-7-26-21-6-5-19(8-17(21)13-25-12-15-10-24-11-15)27-14-16-3-4-18(22)9-20(16)23/h2-6,8-9,15,24-25H,1,7,10-14H2. The van der Waals surface area contributed by atoms with Crippen LogP contribution in [0.25, 0.3) is 0 Å². The van der Waals surface area contributed by atoms with Gasteiger partial charge in [0.05, 0.1) is 0 Å². The molecule has 1 heterocycles. The topological polar surface area (TPSA) is 42.5 Å². The van der Waals surface area contributed by atoms with E-state index in [1.807, 2.05) is 36.4 Å². The number of hydrogen-bond acceptors (Lipinski definition) is 4. The van der Waals surface area contributed by atoms with Gasteiger partial charge in [-0.15, -0.1) is 0 Å². The van der Waals surface area contributed by atoms with Crippen molar-refractivity contribution >= 4 is 27.5 Å². The molecule has 1 aliphatic heterocycles. The highest BCUT2D eigenvalue weighted by atomic mass is 79.9. The SMILES string of the molecule is C=CCOc1ccc(OCc2ccc(Br)cc2Cl)cc1CNCC1CNC1. The maximum absolute atomic E-state index is 6.27. The number of benzene rings is 2. The molecule has 1 aliphatic rings. The molecule has 27 heavy (non-hydrogen) atoms. The molecule has 2 aromatic rings. The lowest BCUT2D eigenvalue weighted by molar-refractivity contribution is 0.303. The van der Waals surface area contributed by atoms with Gasteiger partial charge in [-0.1, -0.05) is 46.3 Å². The van der Waals surface area contributed by atoms with Gasteiger partial charge in [-0.25, -0.2) is 0 Å². The molecule has 0 spiro atoms. The normalized spacial score (nSPS) is 13.9. The van der Waals surface area contributed by atoms with Crippen LogP contribution in [0.15, 0.2) is 53.5 Å². The average Bonchev–Trinajstić information content (AvgIpc) is 2.62. The van der Waals surface area contributed by atoms with Crippen molar-refractivity contribution in [1.29, 1.82) is 0 Å². The van der Waals surface area contributed by atoms with Crippen molar-refractivity contribution < 1.29 is 9.47 Å². The zero-order valence-corrected chi connectivity index (χ0v) is 17.5. The molecule has 0 amide bonds. The first-order valence-corrected chi connectivity index (χ1v) is 10.2. The molecule has 0 bridgehead atoms. The summed E-state index contributed by atoms with van der Waals surface area (Å²) in [5, 5.41) is 7.48. The molecule has 1 saturated heterocycles. The quantitative estimate of drug-likeness (QED) is 0.520. The third-order valence-corrected chi connectivity index (χ3v) is 5.26. The monoisotopic (exact) mass is 450 g/mol. The molecule has 2 aromatic carbocycles. The Balaban J connectivity index is 1.64. The second-order valence-corrected chi connectivity index (χ2v) is 7.87.